The highest BCUT2D eigenvalue weighted by Crippen LogP contribution is 2.18. The van der Waals surface area contributed by atoms with E-state index in [9.17, 15) is 13.2 Å². The maximum atomic E-state index is 11.8. The smallest absolute Gasteiger partial charge is 0.354 e. The number of alkyl halides is 3. The number of aromatic nitrogens is 2. The van der Waals surface area contributed by atoms with Crippen molar-refractivity contribution in [3.05, 3.63) is 18.0 Å². The third kappa shape index (κ3) is 4.06. The van der Waals surface area contributed by atoms with Crippen LogP contribution in [0.15, 0.2) is 12.3 Å². The van der Waals surface area contributed by atoms with E-state index in [2.05, 4.69) is 15.3 Å². The molecule has 1 rings (SSSR count). The van der Waals surface area contributed by atoms with Crippen molar-refractivity contribution >= 4 is 5.95 Å². The van der Waals surface area contributed by atoms with Crippen molar-refractivity contribution in [2.24, 2.45) is 0 Å². The lowest BCUT2D eigenvalue weighted by Crippen LogP contribution is -2.15. The lowest BCUT2D eigenvalue weighted by Gasteiger charge is -2.07. The maximum Gasteiger partial charge on any atom is 0.390 e. The van der Waals surface area contributed by atoms with Crippen LogP contribution >= 0.6 is 0 Å². The molecule has 0 saturated carbocycles. The summed E-state index contributed by atoms with van der Waals surface area (Å²) in [5.41, 5.74) is 0.717. The first-order valence-corrected chi connectivity index (χ1v) is 4.08. The van der Waals surface area contributed by atoms with Crippen LogP contribution in [0, 0.1) is 6.92 Å². The Kier molecular flexibility index (Phi) is 3.27. The monoisotopic (exact) mass is 205 g/mol. The number of anilines is 1. The third-order valence-corrected chi connectivity index (χ3v) is 1.49. The summed E-state index contributed by atoms with van der Waals surface area (Å²) in [7, 11) is 0. The van der Waals surface area contributed by atoms with Gasteiger partial charge in [-0.05, 0) is 13.0 Å². The summed E-state index contributed by atoms with van der Waals surface area (Å²) in [5.74, 6) is 0.231. The zero-order chi connectivity index (χ0) is 10.6. The zero-order valence-electron chi connectivity index (χ0n) is 7.60. The number of rotatable bonds is 3. The van der Waals surface area contributed by atoms with E-state index in [0.29, 0.717) is 0 Å². The predicted octanol–water partition coefficient (Wildman–Crippen LogP) is 2.15. The van der Waals surface area contributed by atoms with Crippen LogP contribution in [0.3, 0.4) is 0 Å². The highest BCUT2D eigenvalue weighted by atomic mass is 19.4. The Morgan fingerprint density at radius 1 is 1.43 bits per heavy atom. The fourth-order valence-electron chi connectivity index (χ4n) is 0.850. The molecule has 0 unspecified atom stereocenters. The fraction of sp³-hybridized carbons (Fsp3) is 0.500. The number of nitrogens with zero attached hydrogens (tertiary/aromatic N) is 2. The average Bonchev–Trinajstić information content (AvgIpc) is 2.01. The number of halogens is 3. The summed E-state index contributed by atoms with van der Waals surface area (Å²) in [4.78, 5) is 7.67. The van der Waals surface area contributed by atoms with Crippen LogP contribution in [0.4, 0.5) is 19.1 Å². The Labute approximate surface area is 79.4 Å². The Morgan fingerprint density at radius 3 is 2.71 bits per heavy atom. The summed E-state index contributed by atoms with van der Waals surface area (Å²) in [6.07, 6.45) is -3.53. The van der Waals surface area contributed by atoms with Gasteiger partial charge in [-0.1, -0.05) is 0 Å². The summed E-state index contributed by atoms with van der Waals surface area (Å²) < 4.78 is 35.3. The molecule has 1 N–H and O–H groups in total. The molecule has 0 aliphatic rings. The second-order valence-corrected chi connectivity index (χ2v) is 2.81. The van der Waals surface area contributed by atoms with Gasteiger partial charge in [0.1, 0.15) is 0 Å². The maximum absolute atomic E-state index is 11.8. The van der Waals surface area contributed by atoms with E-state index in [1.165, 1.54) is 6.20 Å². The molecule has 0 spiro atoms. The van der Waals surface area contributed by atoms with E-state index in [0.717, 1.165) is 5.69 Å². The van der Waals surface area contributed by atoms with Crippen molar-refractivity contribution in [1.82, 2.24) is 9.97 Å². The van der Waals surface area contributed by atoms with Gasteiger partial charge in [0.15, 0.2) is 0 Å². The van der Waals surface area contributed by atoms with Gasteiger partial charge in [-0.2, -0.15) is 13.2 Å². The number of aryl methyl sites for hydroxylation is 1. The van der Waals surface area contributed by atoms with Crippen molar-refractivity contribution in [3.63, 3.8) is 0 Å². The van der Waals surface area contributed by atoms with Gasteiger partial charge >= 0.3 is 6.18 Å². The summed E-state index contributed by atoms with van der Waals surface area (Å²) in [6.45, 7) is 1.55. The molecule has 14 heavy (non-hydrogen) atoms. The molecule has 78 valence electrons. The SMILES string of the molecule is Cc1ccnc(NCCC(F)(F)F)n1. The van der Waals surface area contributed by atoms with Crippen LogP contribution in [0.2, 0.25) is 0 Å². The van der Waals surface area contributed by atoms with Gasteiger partial charge in [-0.3, -0.25) is 0 Å². The highest BCUT2D eigenvalue weighted by molar-refractivity contribution is 5.24. The van der Waals surface area contributed by atoms with Gasteiger partial charge < -0.3 is 5.32 Å². The molecule has 0 fully saturated rings. The molecule has 0 aromatic carbocycles. The Morgan fingerprint density at radius 2 is 2.14 bits per heavy atom. The molecule has 1 heterocycles. The summed E-state index contributed by atoms with van der Waals surface area (Å²) in [6, 6.07) is 1.68. The van der Waals surface area contributed by atoms with E-state index in [1.807, 2.05) is 0 Å². The molecule has 0 amide bonds. The molecule has 0 bridgehead atoms. The first kappa shape index (κ1) is 10.7. The third-order valence-electron chi connectivity index (χ3n) is 1.49. The second-order valence-electron chi connectivity index (χ2n) is 2.81. The number of hydrogen-bond donors (Lipinski definition) is 1. The normalized spacial score (nSPS) is 11.4. The van der Waals surface area contributed by atoms with E-state index >= 15 is 0 Å². The van der Waals surface area contributed by atoms with Gasteiger partial charge in [0.2, 0.25) is 5.95 Å². The summed E-state index contributed by atoms with van der Waals surface area (Å²) in [5, 5.41) is 2.50. The minimum atomic E-state index is -4.14. The second kappa shape index (κ2) is 4.26. The fourth-order valence-corrected chi connectivity index (χ4v) is 0.850. The molecule has 0 saturated heterocycles. The van der Waals surface area contributed by atoms with E-state index in [4.69, 9.17) is 0 Å². The molecule has 0 aliphatic carbocycles. The minimum Gasteiger partial charge on any atom is -0.354 e. The standard InChI is InChI=1S/C8H10F3N3/c1-6-2-4-12-7(14-6)13-5-3-8(9,10)11/h2,4H,3,5H2,1H3,(H,12,13,14). The largest absolute Gasteiger partial charge is 0.390 e. The topological polar surface area (TPSA) is 37.8 Å². The first-order valence-electron chi connectivity index (χ1n) is 4.08. The van der Waals surface area contributed by atoms with Crippen LogP contribution in [-0.4, -0.2) is 22.7 Å². The van der Waals surface area contributed by atoms with E-state index in [1.54, 1.807) is 13.0 Å². The summed E-state index contributed by atoms with van der Waals surface area (Å²) >= 11 is 0. The van der Waals surface area contributed by atoms with Gasteiger partial charge in [0, 0.05) is 18.4 Å². The van der Waals surface area contributed by atoms with Crippen LogP contribution < -0.4 is 5.32 Å². The van der Waals surface area contributed by atoms with Crippen molar-refractivity contribution in [1.29, 1.82) is 0 Å². The van der Waals surface area contributed by atoms with Gasteiger partial charge in [-0.15, -0.1) is 0 Å². The molecule has 0 aliphatic heterocycles. The molecule has 6 heteroatoms. The van der Waals surface area contributed by atoms with E-state index in [-0.39, 0.29) is 12.5 Å². The van der Waals surface area contributed by atoms with Crippen LogP contribution in [0.25, 0.3) is 0 Å². The quantitative estimate of drug-likeness (QED) is 0.821. The van der Waals surface area contributed by atoms with Crippen molar-refractivity contribution in [2.45, 2.75) is 19.5 Å². The van der Waals surface area contributed by atoms with Crippen molar-refractivity contribution in [2.75, 3.05) is 11.9 Å². The minimum absolute atomic E-state index is 0.201. The van der Waals surface area contributed by atoms with Crippen LogP contribution in [-0.2, 0) is 0 Å². The zero-order valence-corrected chi connectivity index (χ0v) is 7.60. The first-order chi connectivity index (χ1) is 6.47. The van der Waals surface area contributed by atoms with Crippen molar-refractivity contribution in [3.8, 4) is 0 Å². The molecule has 0 radical (unpaired) electrons. The lowest BCUT2D eigenvalue weighted by atomic mass is 10.4. The molecule has 3 nitrogen and oxygen atoms in total. The lowest BCUT2D eigenvalue weighted by molar-refractivity contribution is -0.131. The van der Waals surface area contributed by atoms with Crippen LogP contribution in [0.5, 0.6) is 0 Å². The molecule has 1 aromatic heterocycles. The Hall–Kier alpha value is -1.33. The van der Waals surface area contributed by atoms with Gasteiger partial charge in [0.05, 0.1) is 6.42 Å². The molecular weight excluding hydrogens is 195 g/mol. The Balaban J connectivity index is 2.39. The average molecular weight is 205 g/mol. The number of hydrogen-bond acceptors (Lipinski definition) is 3. The molecular formula is C8H10F3N3. The van der Waals surface area contributed by atoms with Gasteiger partial charge in [0.25, 0.3) is 0 Å². The number of nitrogens with one attached hydrogen (secondary N) is 1. The van der Waals surface area contributed by atoms with Crippen molar-refractivity contribution < 1.29 is 13.2 Å². The van der Waals surface area contributed by atoms with Gasteiger partial charge in [-0.25, -0.2) is 9.97 Å². The predicted molar refractivity (Wildman–Crippen MR) is 45.9 cm³/mol. The molecule has 0 atom stereocenters. The van der Waals surface area contributed by atoms with E-state index < -0.39 is 12.6 Å². The highest BCUT2D eigenvalue weighted by Gasteiger charge is 2.26. The molecule has 1 aromatic rings. The Bertz CT molecular complexity index is 298. The van der Waals surface area contributed by atoms with Crippen LogP contribution in [0.1, 0.15) is 12.1 Å².